The molecule has 4 heteroatoms. The fourth-order valence-electron chi connectivity index (χ4n) is 1.35. The Bertz CT molecular complexity index is 149. The maximum Gasteiger partial charge on any atom is 0.223 e. The van der Waals surface area contributed by atoms with Gasteiger partial charge in [0.05, 0.1) is 6.17 Å². The molecule has 1 fully saturated rings. The Morgan fingerprint density at radius 2 is 2.36 bits per heavy atom. The second-order valence-corrected chi connectivity index (χ2v) is 2.84. The first-order valence-corrected chi connectivity index (χ1v) is 4.01. The van der Waals surface area contributed by atoms with Crippen LogP contribution >= 0.6 is 0 Å². The number of amides is 1. The van der Waals surface area contributed by atoms with Gasteiger partial charge in [-0.3, -0.25) is 4.79 Å². The van der Waals surface area contributed by atoms with Crippen LogP contribution in [-0.4, -0.2) is 30.1 Å². The Hall–Kier alpha value is -0.610. The van der Waals surface area contributed by atoms with Crippen LogP contribution in [0.5, 0.6) is 0 Å². The van der Waals surface area contributed by atoms with Crippen LogP contribution in [0.4, 0.5) is 0 Å². The zero-order valence-corrected chi connectivity index (χ0v) is 6.62. The van der Waals surface area contributed by atoms with Gasteiger partial charge in [0.25, 0.3) is 0 Å². The van der Waals surface area contributed by atoms with Crippen molar-refractivity contribution in [1.29, 1.82) is 0 Å². The molecule has 0 bridgehead atoms. The van der Waals surface area contributed by atoms with Gasteiger partial charge in [0.15, 0.2) is 0 Å². The third-order valence-corrected chi connectivity index (χ3v) is 1.97. The molecule has 0 aromatic carbocycles. The van der Waals surface area contributed by atoms with Crippen LogP contribution < -0.4 is 11.5 Å². The van der Waals surface area contributed by atoms with Gasteiger partial charge < -0.3 is 16.4 Å². The summed E-state index contributed by atoms with van der Waals surface area (Å²) < 4.78 is 0. The molecule has 1 saturated heterocycles. The van der Waals surface area contributed by atoms with Crippen molar-refractivity contribution in [2.45, 2.75) is 25.4 Å². The summed E-state index contributed by atoms with van der Waals surface area (Å²) in [5.74, 6) is 0.172. The zero-order chi connectivity index (χ0) is 8.27. The predicted octanol–water partition coefficient (Wildman–Crippen LogP) is -0.758. The predicted molar refractivity (Wildman–Crippen MR) is 42.6 cm³/mol. The smallest absolute Gasteiger partial charge is 0.223 e. The highest BCUT2D eigenvalue weighted by Gasteiger charge is 2.24. The van der Waals surface area contributed by atoms with Gasteiger partial charge in [0.1, 0.15) is 0 Å². The van der Waals surface area contributed by atoms with E-state index < -0.39 is 0 Å². The van der Waals surface area contributed by atoms with E-state index in [2.05, 4.69) is 0 Å². The van der Waals surface area contributed by atoms with Crippen LogP contribution in [0.3, 0.4) is 0 Å². The quantitative estimate of drug-likeness (QED) is 0.565. The number of carbonyl (C=O) groups is 1. The lowest BCUT2D eigenvalue weighted by Gasteiger charge is -2.23. The molecule has 1 atom stereocenters. The third kappa shape index (κ3) is 1.91. The number of nitrogens with two attached hydrogens (primary N) is 2. The van der Waals surface area contributed by atoms with E-state index in [1.54, 1.807) is 4.90 Å². The summed E-state index contributed by atoms with van der Waals surface area (Å²) in [5, 5.41) is 0. The molecule has 1 unspecified atom stereocenters. The van der Waals surface area contributed by atoms with Gasteiger partial charge in [-0.25, -0.2) is 0 Å². The molecule has 0 aromatic rings. The number of likely N-dealkylation sites (tertiary alicyclic amines) is 1. The van der Waals surface area contributed by atoms with Crippen LogP contribution in [-0.2, 0) is 4.79 Å². The summed E-state index contributed by atoms with van der Waals surface area (Å²) in [6.45, 7) is 1.35. The standard InChI is InChI=1S/C7H15N3O/c8-4-3-6(9)10-5-1-2-7(10)11/h6H,1-5,8-9H2. The average molecular weight is 157 g/mol. The SMILES string of the molecule is NCCC(N)N1CCCC1=O. The molecule has 0 radical (unpaired) electrons. The zero-order valence-electron chi connectivity index (χ0n) is 6.62. The molecule has 64 valence electrons. The van der Waals surface area contributed by atoms with Gasteiger partial charge in [-0.05, 0) is 19.4 Å². The number of hydrogen-bond donors (Lipinski definition) is 2. The van der Waals surface area contributed by atoms with Crippen LogP contribution in [0.25, 0.3) is 0 Å². The number of nitrogens with zero attached hydrogens (tertiary/aromatic N) is 1. The van der Waals surface area contributed by atoms with E-state index in [0.717, 1.165) is 13.0 Å². The molecular weight excluding hydrogens is 142 g/mol. The molecule has 1 amide bonds. The second-order valence-electron chi connectivity index (χ2n) is 2.84. The molecule has 1 heterocycles. The molecule has 0 aliphatic carbocycles. The lowest BCUT2D eigenvalue weighted by molar-refractivity contribution is -0.129. The first-order valence-electron chi connectivity index (χ1n) is 4.01. The average Bonchev–Trinajstić information content (AvgIpc) is 2.36. The monoisotopic (exact) mass is 157 g/mol. The number of rotatable bonds is 3. The summed E-state index contributed by atoms with van der Waals surface area (Å²) in [5.41, 5.74) is 11.0. The van der Waals surface area contributed by atoms with Crippen molar-refractivity contribution in [2.75, 3.05) is 13.1 Å². The molecule has 4 nitrogen and oxygen atoms in total. The Labute approximate surface area is 66.5 Å². The maximum atomic E-state index is 11.1. The van der Waals surface area contributed by atoms with Gasteiger partial charge >= 0.3 is 0 Å². The first kappa shape index (κ1) is 8.49. The molecule has 0 aromatic heterocycles. The van der Waals surface area contributed by atoms with Crippen LogP contribution in [0.1, 0.15) is 19.3 Å². The minimum Gasteiger partial charge on any atom is -0.330 e. The van der Waals surface area contributed by atoms with Crippen LogP contribution in [0.2, 0.25) is 0 Å². The first-order chi connectivity index (χ1) is 5.25. The summed E-state index contributed by atoms with van der Waals surface area (Å²) in [6.07, 6.45) is 2.14. The van der Waals surface area contributed by atoms with E-state index in [0.29, 0.717) is 19.4 Å². The van der Waals surface area contributed by atoms with E-state index in [1.807, 2.05) is 0 Å². The van der Waals surface area contributed by atoms with Crippen molar-refractivity contribution in [1.82, 2.24) is 4.90 Å². The molecule has 4 N–H and O–H groups in total. The Balaban J connectivity index is 2.39. The number of hydrogen-bond acceptors (Lipinski definition) is 3. The van der Waals surface area contributed by atoms with E-state index in [-0.39, 0.29) is 12.1 Å². The Morgan fingerprint density at radius 3 is 2.82 bits per heavy atom. The summed E-state index contributed by atoms with van der Waals surface area (Å²) in [7, 11) is 0. The minimum atomic E-state index is -0.157. The Kier molecular flexibility index (Phi) is 2.84. The third-order valence-electron chi connectivity index (χ3n) is 1.97. The lowest BCUT2D eigenvalue weighted by atomic mass is 10.3. The van der Waals surface area contributed by atoms with Crippen LogP contribution in [0, 0.1) is 0 Å². The van der Waals surface area contributed by atoms with E-state index in [9.17, 15) is 4.79 Å². The molecule has 11 heavy (non-hydrogen) atoms. The fourth-order valence-corrected chi connectivity index (χ4v) is 1.35. The Morgan fingerprint density at radius 1 is 1.64 bits per heavy atom. The highest BCUT2D eigenvalue weighted by Crippen LogP contribution is 2.11. The normalized spacial score (nSPS) is 20.9. The molecule has 1 aliphatic heterocycles. The largest absolute Gasteiger partial charge is 0.330 e. The summed E-state index contributed by atoms with van der Waals surface area (Å²) >= 11 is 0. The summed E-state index contributed by atoms with van der Waals surface area (Å²) in [6, 6.07) is 0. The van der Waals surface area contributed by atoms with Crippen LogP contribution in [0.15, 0.2) is 0 Å². The van der Waals surface area contributed by atoms with Gasteiger partial charge in [-0.15, -0.1) is 0 Å². The van der Waals surface area contributed by atoms with Crippen molar-refractivity contribution in [3.63, 3.8) is 0 Å². The lowest BCUT2D eigenvalue weighted by Crippen LogP contribution is -2.43. The second kappa shape index (κ2) is 3.69. The van der Waals surface area contributed by atoms with E-state index in [4.69, 9.17) is 11.5 Å². The molecular formula is C7H15N3O. The molecule has 1 rings (SSSR count). The molecule has 1 aliphatic rings. The molecule has 0 saturated carbocycles. The summed E-state index contributed by atoms with van der Waals surface area (Å²) in [4.78, 5) is 12.8. The van der Waals surface area contributed by atoms with Crippen molar-refractivity contribution in [3.05, 3.63) is 0 Å². The van der Waals surface area contributed by atoms with E-state index in [1.165, 1.54) is 0 Å². The van der Waals surface area contributed by atoms with Gasteiger partial charge in [-0.1, -0.05) is 0 Å². The van der Waals surface area contributed by atoms with Gasteiger partial charge in [-0.2, -0.15) is 0 Å². The highest BCUT2D eigenvalue weighted by atomic mass is 16.2. The number of carbonyl (C=O) groups excluding carboxylic acids is 1. The van der Waals surface area contributed by atoms with Gasteiger partial charge in [0, 0.05) is 13.0 Å². The minimum absolute atomic E-state index is 0.157. The van der Waals surface area contributed by atoms with Crippen molar-refractivity contribution in [3.8, 4) is 0 Å². The highest BCUT2D eigenvalue weighted by molar-refractivity contribution is 5.78. The van der Waals surface area contributed by atoms with Gasteiger partial charge in [0.2, 0.25) is 5.91 Å². The fraction of sp³-hybridized carbons (Fsp3) is 0.857. The topological polar surface area (TPSA) is 72.3 Å². The van der Waals surface area contributed by atoms with Crippen molar-refractivity contribution in [2.24, 2.45) is 11.5 Å². The van der Waals surface area contributed by atoms with Crippen molar-refractivity contribution < 1.29 is 4.79 Å². The van der Waals surface area contributed by atoms with E-state index >= 15 is 0 Å². The maximum absolute atomic E-state index is 11.1. The molecule has 0 spiro atoms. The van der Waals surface area contributed by atoms with Crippen molar-refractivity contribution >= 4 is 5.91 Å².